The highest BCUT2D eigenvalue weighted by Gasteiger charge is 2.11. The lowest BCUT2D eigenvalue weighted by Gasteiger charge is -2.20. The van der Waals surface area contributed by atoms with Gasteiger partial charge in [-0.15, -0.1) is 0 Å². The summed E-state index contributed by atoms with van der Waals surface area (Å²) in [5, 5.41) is 4.04. The van der Waals surface area contributed by atoms with Gasteiger partial charge in [0.1, 0.15) is 4.99 Å². The third kappa shape index (κ3) is 3.35. The Hall–Kier alpha value is -0.800. The van der Waals surface area contributed by atoms with E-state index in [0.717, 1.165) is 11.3 Å². The summed E-state index contributed by atoms with van der Waals surface area (Å²) in [6.07, 6.45) is 0. The van der Waals surface area contributed by atoms with E-state index in [0.29, 0.717) is 22.0 Å². The molecule has 1 rings (SSSR count). The molecular weight excluding hydrogens is 240 g/mol. The number of nitrogens with two attached hydrogens (primary N) is 1. The van der Waals surface area contributed by atoms with E-state index < -0.39 is 0 Å². The van der Waals surface area contributed by atoms with Crippen LogP contribution in [0.3, 0.4) is 0 Å². The summed E-state index contributed by atoms with van der Waals surface area (Å²) < 4.78 is 0. The van der Waals surface area contributed by atoms with Gasteiger partial charge in [-0.1, -0.05) is 37.7 Å². The number of thiocarbonyl (C=S) groups is 1. The normalized spacial score (nSPS) is 12.6. The SMILES string of the molecule is CC(C)C(C)Nc1ccc(Cl)cc1C(N)=S. The molecule has 88 valence electrons. The number of rotatable bonds is 4. The van der Waals surface area contributed by atoms with Gasteiger partial charge in [0, 0.05) is 22.3 Å². The third-order valence-corrected chi connectivity index (χ3v) is 3.09. The van der Waals surface area contributed by atoms with E-state index in [1.54, 1.807) is 6.07 Å². The molecule has 0 fully saturated rings. The van der Waals surface area contributed by atoms with Crippen LogP contribution < -0.4 is 11.1 Å². The van der Waals surface area contributed by atoms with Crippen LogP contribution in [0.5, 0.6) is 0 Å². The number of hydrogen-bond acceptors (Lipinski definition) is 2. The molecule has 1 aromatic carbocycles. The molecule has 3 N–H and O–H groups in total. The van der Waals surface area contributed by atoms with Crippen LogP contribution in [0.15, 0.2) is 18.2 Å². The average Bonchev–Trinajstić information content (AvgIpc) is 2.20. The molecule has 0 saturated heterocycles. The monoisotopic (exact) mass is 256 g/mol. The first-order chi connectivity index (χ1) is 7.41. The maximum Gasteiger partial charge on any atom is 0.106 e. The van der Waals surface area contributed by atoms with E-state index in [2.05, 4.69) is 26.1 Å². The largest absolute Gasteiger partial charge is 0.389 e. The zero-order valence-electron chi connectivity index (χ0n) is 9.75. The van der Waals surface area contributed by atoms with Gasteiger partial charge in [-0.3, -0.25) is 0 Å². The fourth-order valence-electron chi connectivity index (χ4n) is 1.26. The highest BCUT2D eigenvalue weighted by atomic mass is 35.5. The molecule has 0 radical (unpaired) electrons. The summed E-state index contributed by atoms with van der Waals surface area (Å²) in [5.74, 6) is 0.537. The standard InChI is InChI=1S/C12H17ClN2S/c1-7(2)8(3)15-11-5-4-9(13)6-10(11)12(14)16/h4-8,15H,1-3H3,(H2,14,16). The average molecular weight is 257 g/mol. The summed E-state index contributed by atoms with van der Waals surface area (Å²) >= 11 is 10.9. The zero-order valence-corrected chi connectivity index (χ0v) is 11.3. The van der Waals surface area contributed by atoms with Crippen LogP contribution in [0.2, 0.25) is 5.02 Å². The zero-order chi connectivity index (χ0) is 12.3. The van der Waals surface area contributed by atoms with Crippen LogP contribution in [0.1, 0.15) is 26.3 Å². The molecule has 0 aliphatic rings. The predicted molar refractivity (Wildman–Crippen MR) is 75.3 cm³/mol. The lowest BCUT2D eigenvalue weighted by Crippen LogP contribution is -2.23. The Bertz CT molecular complexity index is 391. The van der Waals surface area contributed by atoms with Crippen molar-refractivity contribution in [3.05, 3.63) is 28.8 Å². The van der Waals surface area contributed by atoms with Gasteiger partial charge in [-0.25, -0.2) is 0 Å². The molecule has 1 atom stereocenters. The van der Waals surface area contributed by atoms with Crippen molar-refractivity contribution in [1.29, 1.82) is 0 Å². The van der Waals surface area contributed by atoms with Crippen molar-refractivity contribution < 1.29 is 0 Å². The van der Waals surface area contributed by atoms with Crippen LogP contribution >= 0.6 is 23.8 Å². The number of benzene rings is 1. The van der Waals surface area contributed by atoms with Crippen LogP contribution in [0, 0.1) is 5.92 Å². The molecule has 16 heavy (non-hydrogen) atoms. The summed E-state index contributed by atoms with van der Waals surface area (Å²) in [5.41, 5.74) is 7.41. The van der Waals surface area contributed by atoms with Crippen molar-refractivity contribution >= 4 is 34.5 Å². The van der Waals surface area contributed by atoms with Crippen LogP contribution in [-0.2, 0) is 0 Å². The Morgan fingerprint density at radius 1 is 1.38 bits per heavy atom. The maximum absolute atomic E-state index is 5.92. The number of hydrogen-bond donors (Lipinski definition) is 2. The summed E-state index contributed by atoms with van der Waals surface area (Å²) in [7, 11) is 0. The first-order valence-corrected chi connectivity index (χ1v) is 6.06. The van der Waals surface area contributed by atoms with Crippen molar-refractivity contribution in [3.63, 3.8) is 0 Å². The molecule has 2 nitrogen and oxygen atoms in total. The molecule has 0 bridgehead atoms. The second-order valence-electron chi connectivity index (χ2n) is 4.23. The Morgan fingerprint density at radius 2 is 2.00 bits per heavy atom. The molecule has 1 unspecified atom stereocenters. The smallest absolute Gasteiger partial charge is 0.106 e. The summed E-state index contributed by atoms with van der Waals surface area (Å²) in [6.45, 7) is 6.45. The second-order valence-corrected chi connectivity index (χ2v) is 5.11. The van der Waals surface area contributed by atoms with Crippen molar-refractivity contribution in [3.8, 4) is 0 Å². The summed E-state index contributed by atoms with van der Waals surface area (Å²) in [4.78, 5) is 0.362. The van der Waals surface area contributed by atoms with E-state index in [-0.39, 0.29) is 0 Å². The Balaban J connectivity index is 2.99. The van der Waals surface area contributed by atoms with Crippen molar-refractivity contribution in [2.45, 2.75) is 26.8 Å². The first-order valence-electron chi connectivity index (χ1n) is 5.27. The number of anilines is 1. The Morgan fingerprint density at radius 3 is 2.50 bits per heavy atom. The minimum atomic E-state index is 0.356. The minimum absolute atomic E-state index is 0.356. The molecule has 1 aromatic rings. The predicted octanol–water partition coefficient (Wildman–Crippen LogP) is 3.43. The van der Waals surface area contributed by atoms with Crippen LogP contribution in [-0.4, -0.2) is 11.0 Å². The molecule has 0 amide bonds. The van der Waals surface area contributed by atoms with Gasteiger partial charge in [0.2, 0.25) is 0 Å². The molecule has 0 heterocycles. The first kappa shape index (κ1) is 13.3. The van der Waals surface area contributed by atoms with Gasteiger partial charge in [-0.05, 0) is 31.0 Å². The van der Waals surface area contributed by atoms with Gasteiger partial charge >= 0.3 is 0 Å². The second kappa shape index (κ2) is 5.51. The van der Waals surface area contributed by atoms with Gasteiger partial charge < -0.3 is 11.1 Å². The van der Waals surface area contributed by atoms with E-state index >= 15 is 0 Å². The fraction of sp³-hybridized carbons (Fsp3) is 0.417. The maximum atomic E-state index is 5.92. The van der Waals surface area contributed by atoms with Crippen LogP contribution in [0.25, 0.3) is 0 Å². The van der Waals surface area contributed by atoms with Crippen molar-refractivity contribution in [2.24, 2.45) is 11.7 Å². The van der Waals surface area contributed by atoms with Gasteiger partial charge in [-0.2, -0.15) is 0 Å². The molecule has 0 aliphatic carbocycles. The molecular formula is C12H17ClN2S. The minimum Gasteiger partial charge on any atom is -0.389 e. The molecule has 4 heteroatoms. The molecule has 0 aromatic heterocycles. The molecule has 0 aliphatic heterocycles. The quantitative estimate of drug-likeness (QED) is 0.811. The van der Waals surface area contributed by atoms with Gasteiger partial charge in [0.15, 0.2) is 0 Å². The number of nitrogens with one attached hydrogen (secondary N) is 1. The highest BCUT2D eigenvalue weighted by Crippen LogP contribution is 2.22. The van der Waals surface area contributed by atoms with E-state index in [4.69, 9.17) is 29.6 Å². The summed E-state index contributed by atoms with van der Waals surface area (Å²) in [6, 6.07) is 5.89. The Kier molecular flexibility index (Phi) is 4.56. The third-order valence-electron chi connectivity index (χ3n) is 2.63. The number of halogens is 1. The van der Waals surface area contributed by atoms with Gasteiger partial charge in [0.25, 0.3) is 0 Å². The molecule has 0 saturated carbocycles. The van der Waals surface area contributed by atoms with E-state index in [1.165, 1.54) is 0 Å². The van der Waals surface area contributed by atoms with E-state index in [9.17, 15) is 0 Å². The lowest BCUT2D eigenvalue weighted by molar-refractivity contribution is 0.560. The van der Waals surface area contributed by atoms with E-state index in [1.807, 2.05) is 12.1 Å². The fourth-order valence-corrected chi connectivity index (χ4v) is 1.60. The lowest BCUT2D eigenvalue weighted by atomic mass is 10.1. The van der Waals surface area contributed by atoms with Crippen molar-refractivity contribution in [1.82, 2.24) is 0 Å². The topological polar surface area (TPSA) is 38.0 Å². The highest BCUT2D eigenvalue weighted by molar-refractivity contribution is 7.80. The van der Waals surface area contributed by atoms with Gasteiger partial charge in [0.05, 0.1) is 0 Å². The van der Waals surface area contributed by atoms with Crippen molar-refractivity contribution in [2.75, 3.05) is 5.32 Å². The molecule has 0 spiro atoms. The Labute approximate surface area is 107 Å². The van der Waals surface area contributed by atoms with Crippen LogP contribution in [0.4, 0.5) is 5.69 Å².